The lowest BCUT2D eigenvalue weighted by atomic mass is 10.0. The van der Waals surface area contributed by atoms with E-state index in [0.29, 0.717) is 18.4 Å². The third-order valence-electron chi connectivity index (χ3n) is 5.69. The Bertz CT molecular complexity index is 907. The normalized spacial score (nSPS) is 13.6. The van der Waals surface area contributed by atoms with Gasteiger partial charge in [0.05, 0.1) is 6.10 Å². The van der Waals surface area contributed by atoms with Crippen molar-refractivity contribution >= 4 is 8.32 Å². The van der Waals surface area contributed by atoms with Crippen LogP contribution in [-0.4, -0.2) is 17.5 Å². The van der Waals surface area contributed by atoms with Crippen molar-refractivity contribution in [1.82, 2.24) is 9.13 Å². The summed E-state index contributed by atoms with van der Waals surface area (Å²) in [4.78, 5) is 24.6. The molecule has 0 saturated carbocycles. The third kappa shape index (κ3) is 4.87. The second-order valence-electron chi connectivity index (χ2n) is 8.70. The van der Waals surface area contributed by atoms with Gasteiger partial charge >= 0.3 is 0 Å². The molecule has 148 valence electrons. The summed E-state index contributed by atoms with van der Waals surface area (Å²) in [7, 11) is 1.47. The molecule has 0 aliphatic carbocycles. The molecule has 5 nitrogen and oxygen atoms in total. The molecule has 2 aromatic heterocycles. The highest BCUT2D eigenvalue weighted by molar-refractivity contribution is 6.74. The van der Waals surface area contributed by atoms with Crippen LogP contribution < -0.4 is 11.1 Å². The van der Waals surface area contributed by atoms with Gasteiger partial charge in [-0.2, -0.15) is 0 Å². The van der Waals surface area contributed by atoms with Crippen molar-refractivity contribution in [1.29, 1.82) is 0 Å². The second kappa shape index (κ2) is 7.98. The smallest absolute Gasteiger partial charge is 0.256 e. The van der Waals surface area contributed by atoms with E-state index in [1.807, 2.05) is 18.2 Å². The van der Waals surface area contributed by atoms with Crippen LogP contribution in [0.2, 0.25) is 18.1 Å². The topological polar surface area (TPSA) is 53.2 Å². The molecule has 0 N–H and O–H groups in total. The first-order valence-corrected chi connectivity index (χ1v) is 12.3. The van der Waals surface area contributed by atoms with Crippen LogP contribution in [0.4, 0.5) is 0 Å². The molecule has 0 spiro atoms. The molecular weight excluding hydrogens is 356 g/mol. The summed E-state index contributed by atoms with van der Waals surface area (Å²) in [5.74, 6) is 0. The van der Waals surface area contributed by atoms with Crippen molar-refractivity contribution in [2.24, 2.45) is 14.1 Å². The van der Waals surface area contributed by atoms with Crippen molar-refractivity contribution in [3.63, 3.8) is 0 Å². The molecule has 2 rings (SSSR count). The van der Waals surface area contributed by atoms with E-state index in [-0.39, 0.29) is 22.3 Å². The average molecular weight is 389 g/mol. The van der Waals surface area contributed by atoms with Gasteiger partial charge in [0.2, 0.25) is 5.56 Å². The molecule has 0 aliphatic heterocycles. The summed E-state index contributed by atoms with van der Waals surface area (Å²) in [6, 6.07) is 9.04. The zero-order valence-electron chi connectivity index (χ0n) is 17.6. The Hall–Kier alpha value is -1.92. The fraction of sp³-hybridized carbons (Fsp3) is 0.524. The number of hydrogen-bond donors (Lipinski definition) is 0. The Morgan fingerprint density at radius 1 is 1.07 bits per heavy atom. The number of aromatic nitrogens is 2. The molecule has 2 aromatic rings. The highest BCUT2D eigenvalue weighted by atomic mass is 28.4. The van der Waals surface area contributed by atoms with Gasteiger partial charge in [-0.3, -0.25) is 9.59 Å². The highest BCUT2D eigenvalue weighted by Gasteiger charge is 2.39. The predicted molar refractivity (Wildman–Crippen MR) is 113 cm³/mol. The summed E-state index contributed by atoms with van der Waals surface area (Å²) in [6.45, 7) is 11.0. The van der Waals surface area contributed by atoms with Gasteiger partial charge in [0.15, 0.2) is 8.32 Å². The van der Waals surface area contributed by atoms with Gasteiger partial charge in [0, 0.05) is 37.6 Å². The molecule has 0 aromatic carbocycles. The standard InChI is InChI=1S/C21H32N2O3Si/c1-21(2,3)27(6,7)26-18(17-11-9-15-22(4)20(17)25)14-13-16-10-8-12-19(24)23(16)5/h8-12,15,18H,13-14H2,1-7H3. The quantitative estimate of drug-likeness (QED) is 0.708. The van der Waals surface area contributed by atoms with E-state index in [1.54, 1.807) is 41.6 Å². The SMILES string of the molecule is Cn1cccc(C(CCc2cccc(=O)n2C)O[Si](C)(C)C(C)(C)C)c1=O. The third-order valence-corrected chi connectivity index (χ3v) is 10.2. The van der Waals surface area contributed by atoms with Gasteiger partial charge in [-0.05, 0) is 49.2 Å². The Labute approximate surface area is 162 Å². The Morgan fingerprint density at radius 2 is 1.74 bits per heavy atom. The fourth-order valence-electron chi connectivity index (χ4n) is 2.81. The van der Waals surface area contributed by atoms with E-state index in [9.17, 15) is 9.59 Å². The molecule has 27 heavy (non-hydrogen) atoms. The number of pyridine rings is 2. The summed E-state index contributed by atoms with van der Waals surface area (Å²) >= 11 is 0. The first-order valence-electron chi connectivity index (χ1n) is 9.42. The minimum absolute atomic E-state index is 0.0232. The molecule has 0 aliphatic rings. The Kier molecular flexibility index (Phi) is 6.32. The number of nitrogens with zero attached hydrogens (tertiary/aromatic N) is 2. The van der Waals surface area contributed by atoms with Crippen LogP contribution in [0.3, 0.4) is 0 Å². The Morgan fingerprint density at radius 3 is 2.37 bits per heavy atom. The van der Waals surface area contributed by atoms with Crippen molar-refractivity contribution in [2.75, 3.05) is 0 Å². The monoisotopic (exact) mass is 388 g/mol. The van der Waals surface area contributed by atoms with Crippen molar-refractivity contribution in [3.8, 4) is 0 Å². The maximum Gasteiger partial charge on any atom is 0.256 e. The molecular formula is C21H32N2O3Si. The molecule has 1 unspecified atom stereocenters. The highest BCUT2D eigenvalue weighted by Crippen LogP contribution is 2.40. The van der Waals surface area contributed by atoms with Crippen LogP contribution in [0.25, 0.3) is 0 Å². The van der Waals surface area contributed by atoms with Crippen molar-refractivity contribution in [2.45, 2.75) is 57.8 Å². The van der Waals surface area contributed by atoms with Crippen LogP contribution in [0.15, 0.2) is 46.1 Å². The van der Waals surface area contributed by atoms with E-state index >= 15 is 0 Å². The lowest BCUT2D eigenvalue weighted by Crippen LogP contribution is -2.43. The van der Waals surface area contributed by atoms with Gasteiger partial charge in [-0.15, -0.1) is 0 Å². The molecule has 0 radical (unpaired) electrons. The van der Waals surface area contributed by atoms with Crippen LogP contribution in [0, 0.1) is 0 Å². The number of rotatable bonds is 6. The minimum Gasteiger partial charge on any atom is -0.410 e. The molecule has 0 saturated heterocycles. The number of hydrogen-bond acceptors (Lipinski definition) is 3. The first kappa shape index (κ1) is 21.4. The molecule has 0 amide bonds. The first-order chi connectivity index (χ1) is 12.4. The minimum atomic E-state index is -2.07. The molecule has 6 heteroatoms. The summed E-state index contributed by atoms with van der Waals surface area (Å²) < 4.78 is 9.91. The van der Waals surface area contributed by atoms with Gasteiger partial charge in [-0.1, -0.05) is 26.8 Å². The van der Waals surface area contributed by atoms with Crippen LogP contribution in [-0.2, 0) is 24.9 Å². The van der Waals surface area contributed by atoms with E-state index in [2.05, 4.69) is 33.9 Å². The van der Waals surface area contributed by atoms with E-state index in [0.717, 1.165) is 5.69 Å². The van der Waals surface area contributed by atoms with Gasteiger partial charge in [0.25, 0.3) is 5.56 Å². The van der Waals surface area contributed by atoms with Crippen molar-refractivity contribution < 1.29 is 4.43 Å². The van der Waals surface area contributed by atoms with E-state index in [1.165, 1.54) is 0 Å². The van der Waals surface area contributed by atoms with E-state index < -0.39 is 8.32 Å². The molecule has 2 heterocycles. The maximum atomic E-state index is 12.7. The number of aryl methyl sites for hydroxylation is 2. The predicted octanol–water partition coefficient (Wildman–Crippen LogP) is 3.78. The molecule has 0 bridgehead atoms. The summed E-state index contributed by atoms with van der Waals surface area (Å²) in [5, 5.41) is 0.0465. The van der Waals surface area contributed by atoms with Crippen LogP contribution in [0.5, 0.6) is 0 Å². The second-order valence-corrected chi connectivity index (χ2v) is 13.5. The fourth-order valence-corrected chi connectivity index (χ4v) is 4.12. The molecule has 1 atom stereocenters. The lowest BCUT2D eigenvalue weighted by Gasteiger charge is -2.39. The van der Waals surface area contributed by atoms with Gasteiger partial charge in [-0.25, -0.2) is 0 Å². The van der Waals surface area contributed by atoms with Crippen LogP contribution >= 0.6 is 0 Å². The zero-order chi connectivity index (χ0) is 20.4. The van der Waals surface area contributed by atoms with E-state index in [4.69, 9.17) is 4.43 Å². The molecule has 0 fully saturated rings. The van der Waals surface area contributed by atoms with Crippen LogP contribution in [0.1, 0.15) is 44.6 Å². The summed E-state index contributed by atoms with van der Waals surface area (Å²) in [5.41, 5.74) is 1.58. The maximum absolute atomic E-state index is 12.7. The zero-order valence-corrected chi connectivity index (χ0v) is 18.6. The Balaban J connectivity index is 2.38. The average Bonchev–Trinajstić information content (AvgIpc) is 2.56. The summed E-state index contributed by atoms with van der Waals surface area (Å²) in [6.07, 6.45) is 2.80. The van der Waals surface area contributed by atoms with Crippen molar-refractivity contribution in [3.05, 3.63) is 68.5 Å². The van der Waals surface area contributed by atoms with Gasteiger partial charge in [0.1, 0.15) is 0 Å². The largest absolute Gasteiger partial charge is 0.410 e. The lowest BCUT2D eigenvalue weighted by molar-refractivity contribution is 0.171. The van der Waals surface area contributed by atoms with Gasteiger partial charge < -0.3 is 13.6 Å².